The maximum atomic E-state index is 12.5. The Labute approximate surface area is 159 Å². The quantitative estimate of drug-likeness (QED) is 0.381. The van der Waals surface area contributed by atoms with E-state index < -0.39 is 14.9 Å². The molecule has 0 radical (unpaired) electrons. The van der Waals surface area contributed by atoms with Crippen molar-refractivity contribution in [1.82, 2.24) is 9.62 Å². The van der Waals surface area contributed by atoms with Crippen LogP contribution in [0.25, 0.3) is 0 Å². The lowest BCUT2D eigenvalue weighted by Crippen LogP contribution is -2.45. The van der Waals surface area contributed by atoms with Gasteiger partial charge in [0.25, 0.3) is 5.69 Å². The molecule has 0 aromatic heterocycles. The number of nitro groups is 1. The first-order valence-electron chi connectivity index (χ1n) is 8.93. The molecule has 1 aromatic carbocycles. The van der Waals surface area contributed by atoms with Crippen LogP contribution in [-0.2, 0) is 14.8 Å². The molecule has 2 rings (SSSR count). The SMILES string of the molecule is COc1ccc([N+](=O)[O-])cc1S(=O)(=O)NCCCCN1CC(C)OC(C)C1. The van der Waals surface area contributed by atoms with E-state index in [1.165, 1.54) is 19.2 Å². The summed E-state index contributed by atoms with van der Waals surface area (Å²) < 4.78 is 38.2. The van der Waals surface area contributed by atoms with Gasteiger partial charge in [0, 0.05) is 31.8 Å². The summed E-state index contributed by atoms with van der Waals surface area (Å²) in [6.07, 6.45) is 1.91. The molecule has 1 aliphatic rings. The van der Waals surface area contributed by atoms with Crippen molar-refractivity contribution in [3.63, 3.8) is 0 Å². The van der Waals surface area contributed by atoms with Gasteiger partial charge < -0.3 is 9.47 Å². The fourth-order valence-corrected chi connectivity index (χ4v) is 4.46. The first-order valence-corrected chi connectivity index (χ1v) is 10.4. The number of hydrogen-bond acceptors (Lipinski definition) is 7. The first kappa shape index (κ1) is 21.5. The van der Waals surface area contributed by atoms with Gasteiger partial charge in [0.1, 0.15) is 10.6 Å². The van der Waals surface area contributed by atoms with E-state index in [0.717, 1.165) is 32.1 Å². The highest BCUT2D eigenvalue weighted by Gasteiger charge is 2.23. The fraction of sp³-hybridized carbons (Fsp3) is 0.647. The van der Waals surface area contributed by atoms with Gasteiger partial charge in [-0.05, 0) is 39.3 Å². The van der Waals surface area contributed by atoms with Gasteiger partial charge in [-0.1, -0.05) is 0 Å². The highest BCUT2D eigenvalue weighted by Crippen LogP contribution is 2.27. The van der Waals surface area contributed by atoms with Gasteiger partial charge in [0.15, 0.2) is 0 Å². The molecule has 1 aromatic rings. The van der Waals surface area contributed by atoms with Crippen LogP contribution in [0.2, 0.25) is 0 Å². The molecule has 1 saturated heterocycles. The number of methoxy groups -OCH3 is 1. The molecule has 152 valence electrons. The summed E-state index contributed by atoms with van der Waals surface area (Å²) >= 11 is 0. The van der Waals surface area contributed by atoms with Gasteiger partial charge in [0.05, 0.1) is 24.2 Å². The van der Waals surface area contributed by atoms with Crippen molar-refractivity contribution in [2.24, 2.45) is 0 Å². The van der Waals surface area contributed by atoms with Gasteiger partial charge in [0.2, 0.25) is 10.0 Å². The van der Waals surface area contributed by atoms with E-state index in [1.807, 2.05) is 13.8 Å². The van der Waals surface area contributed by atoms with Crippen LogP contribution in [0.3, 0.4) is 0 Å². The van der Waals surface area contributed by atoms with Gasteiger partial charge >= 0.3 is 0 Å². The first-order chi connectivity index (χ1) is 12.7. The molecule has 1 aliphatic heterocycles. The maximum absolute atomic E-state index is 12.5. The summed E-state index contributed by atoms with van der Waals surface area (Å²) in [7, 11) is -2.57. The topological polar surface area (TPSA) is 111 Å². The smallest absolute Gasteiger partial charge is 0.271 e. The average Bonchev–Trinajstić information content (AvgIpc) is 2.59. The zero-order chi connectivity index (χ0) is 20.0. The van der Waals surface area contributed by atoms with Crippen LogP contribution >= 0.6 is 0 Å². The standard InChI is InChI=1S/C17H27N3O6S/c1-13-11-19(12-14(2)26-13)9-5-4-8-18-27(23,24)17-10-15(20(21)22)6-7-16(17)25-3/h6-7,10,13-14,18H,4-5,8-9,11-12H2,1-3H3. The predicted octanol–water partition coefficient (Wildman–Crippen LogP) is 1.77. The van der Waals surface area contributed by atoms with Crippen LogP contribution in [-0.4, -0.2) is 63.7 Å². The third kappa shape index (κ3) is 6.13. The molecule has 0 saturated carbocycles. The average molecular weight is 401 g/mol. The summed E-state index contributed by atoms with van der Waals surface area (Å²) in [5, 5.41) is 10.9. The number of non-ortho nitro benzene ring substituents is 1. The number of nitro benzene ring substituents is 1. The van der Waals surface area contributed by atoms with Crippen molar-refractivity contribution < 1.29 is 22.8 Å². The lowest BCUT2D eigenvalue weighted by atomic mass is 10.2. The Morgan fingerprint density at radius 2 is 1.96 bits per heavy atom. The van der Waals surface area contributed by atoms with E-state index in [2.05, 4.69) is 9.62 Å². The van der Waals surface area contributed by atoms with E-state index in [0.29, 0.717) is 6.42 Å². The number of ether oxygens (including phenoxy) is 2. The van der Waals surface area contributed by atoms with Gasteiger partial charge in [-0.25, -0.2) is 13.1 Å². The summed E-state index contributed by atoms with van der Waals surface area (Å²) in [6, 6.07) is 3.51. The maximum Gasteiger partial charge on any atom is 0.271 e. The molecule has 1 heterocycles. The van der Waals surface area contributed by atoms with Crippen molar-refractivity contribution in [1.29, 1.82) is 0 Å². The minimum atomic E-state index is -3.89. The highest BCUT2D eigenvalue weighted by molar-refractivity contribution is 7.89. The van der Waals surface area contributed by atoms with Crippen LogP contribution in [0.4, 0.5) is 5.69 Å². The molecule has 0 bridgehead atoms. The Balaban J connectivity index is 1.88. The van der Waals surface area contributed by atoms with Crippen LogP contribution in [0.15, 0.2) is 23.1 Å². The Hall–Kier alpha value is -1.75. The zero-order valence-corrected chi connectivity index (χ0v) is 16.7. The molecular formula is C17H27N3O6S. The van der Waals surface area contributed by atoms with Crippen molar-refractivity contribution >= 4 is 15.7 Å². The van der Waals surface area contributed by atoms with Crippen LogP contribution in [0.5, 0.6) is 5.75 Å². The largest absolute Gasteiger partial charge is 0.495 e. The summed E-state index contributed by atoms with van der Waals surface area (Å²) in [5.41, 5.74) is -0.299. The van der Waals surface area contributed by atoms with E-state index in [4.69, 9.17) is 9.47 Å². The van der Waals surface area contributed by atoms with Gasteiger partial charge in [-0.3, -0.25) is 15.0 Å². The normalized spacial score (nSPS) is 21.1. The minimum absolute atomic E-state index is 0.0735. The lowest BCUT2D eigenvalue weighted by Gasteiger charge is -2.35. The van der Waals surface area contributed by atoms with Crippen LogP contribution < -0.4 is 9.46 Å². The second kappa shape index (κ2) is 9.45. The molecule has 1 N–H and O–H groups in total. The predicted molar refractivity (Wildman–Crippen MR) is 101 cm³/mol. The molecule has 0 spiro atoms. The number of nitrogens with one attached hydrogen (secondary N) is 1. The summed E-state index contributed by atoms with van der Waals surface area (Å²) in [6.45, 7) is 6.97. The molecule has 1 fully saturated rings. The molecule has 10 heteroatoms. The Kier molecular flexibility index (Phi) is 7.54. The van der Waals surface area contributed by atoms with Crippen molar-refractivity contribution in [2.45, 2.75) is 43.8 Å². The van der Waals surface area contributed by atoms with E-state index in [-0.39, 0.29) is 35.1 Å². The summed E-state index contributed by atoms with van der Waals surface area (Å²) in [5.74, 6) is 0.0735. The number of morpholine rings is 1. The van der Waals surface area contributed by atoms with Gasteiger partial charge in [-0.2, -0.15) is 0 Å². The lowest BCUT2D eigenvalue weighted by molar-refractivity contribution is -0.385. The van der Waals surface area contributed by atoms with E-state index >= 15 is 0 Å². The second-order valence-corrected chi connectivity index (χ2v) is 8.45. The summed E-state index contributed by atoms with van der Waals surface area (Å²) in [4.78, 5) is 12.4. The second-order valence-electron chi connectivity index (χ2n) is 6.71. The molecular weight excluding hydrogens is 374 g/mol. The van der Waals surface area contributed by atoms with Gasteiger partial charge in [-0.15, -0.1) is 0 Å². The van der Waals surface area contributed by atoms with Crippen LogP contribution in [0.1, 0.15) is 26.7 Å². The number of hydrogen-bond donors (Lipinski definition) is 1. The number of nitrogens with zero attached hydrogens (tertiary/aromatic N) is 2. The molecule has 27 heavy (non-hydrogen) atoms. The molecule has 0 amide bonds. The zero-order valence-electron chi connectivity index (χ0n) is 15.9. The third-order valence-electron chi connectivity index (χ3n) is 4.34. The van der Waals surface area contributed by atoms with Crippen molar-refractivity contribution in [2.75, 3.05) is 33.3 Å². The number of rotatable bonds is 9. The molecule has 2 atom stereocenters. The van der Waals surface area contributed by atoms with Crippen molar-refractivity contribution in [3.8, 4) is 5.75 Å². The molecule has 0 aliphatic carbocycles. The Morgan fingerprint density at radius 1 is 1.30 bits per heavy atom. The Morgan fingerprint density at radius 3 is 2.56 bits per heavy atom. The monoisotopic (exact) mass is 401 g/mol. The molecule has 9 nitrogen and oxygen atoms in total. The van der Waals surface area contributed by atoms with E-state index in [9.17, 15) is 18.5 Å². The number of unbranched alkanes of at least 4 members (excludes halogenated alkanes) is 1. The highest BCUT2D eigenvalue weighted by atomic mass is 32.2. The fourth-order valence-electron chi connectivity index (χ4n) is 3.20. The van der Waals surface area contributed by atoms with Crippen molar-refractivity contribution in [3.05, 3.63) is 28.3 Å². The Bertz CT molecular complexity index is 745. The number of benzene rings is 1. The van der Waals surface area contributed by atoms with E-state index in [1.54, 1.807) is 0 Å². The minimum Gasteiger partial charge on any atom is -0.495 e. The van der Waals surface area contributed by atoms with Crippen LogP contribution in [0, 0.1) is 10.1 Å². The third-order valence-corrected chi connectivity index (χ3v) is 5.82. The molecule has 2 unspecified atom stereocenters. The number of sulfonamides is 1.